The van der Waals surface area contributed by atoms with E-state index in [9.17, 15) is 18.0 Å². The van der Waals surface area contributed by atoms with Gasteiger partial charge in [0, 0.05) is 56.1 Å². The Morgan fingerprint density at radius 3 is 2.44 bits per heavy atom. The van der Waals surface area contributed by atoms with Crippen molar-refractivity contribution in [3.05, 3.63) is 58.6 Å². The maximum absolute atomic E-state index is 13.3. The molecule has 0 saturated carbocycles. The Morgan fingerprint density at radius 1 is 1.08 bits per heavy atom. The number of anilines is 1. The minimum atomic E-state index is -4.63. The van der Waals surface area contributed by atoms with Crippen molar-refractivity contribution in [3.63, 3.8) is 0 Å². The van der Waals surface area contributed by atoms with Crippen molar-refractivity contribution in [1.82, 2.24) is 25.2 Å². The van der Waals surface area contributed by atoms with Gasteiger partial charge >= 0.3 is 6.18 Å². The fourth-order valence-corrected chi connectivity index (χ4v) is 4.65. The number of morpholine rings is 1. The Kier molecular flexibility index (Phi) is 6.96. The third-order valence-electron chi connectivity index (χ3n) is 6.47. The summed E-state index contributed by atoms with van der Waals surface area (Å²) in [7, 11) is 0. The summed E-state index contributed by atoms with van der Waals surface area (Å²) in [5, 5.41) is 3.83. The van der Waals surface area contributed by atoms with Gasteiger partial charge in [0.25, 0.3) is 5.91 Å². The molecule has 4 heterocycles. The van der Waals surface area contributed by atoms with Crippen LogP contribution in [-0.2, 0) is 10.9 Å². The van der Waals surface area contributed by atoms with Crippen LogP contribution in [0.2, 0.25) is 5.02 Å². The lowest BCUT2D eigenvalue weighted by Crippen LogP contribution is -2.44. The van der Waals surface area contributed by atoms with Gasteiger partial charge in [-0.3, -0.25) is 9.69 Å². The van der Waals surface area contributed by atoms with Crippen molar-refractivity contribution >= 4 is 34.2 Å². The Hall–Kier alpha value is -3.02. The molecule has 8 nitrogen and oxygen atoms in total. The normalized spacial score (nSPS) is 17.6. The van der Waals surface area contributed by atoms with E-state index in [4.69, 9.17) is 16.3 Å². The van der Waals surface area contributed by atoms with Crippen LogP contribution < -0.4 is 10.2 Å². The van der Waals surface area contributed by atoms with Crippen LogP contribution in [0.3, 0.4) is 0 Å². The molecule has 0 spiro atoms. The molecule has 0 radical (unpaired) electrons. The first-order chi connectivity index (χ1) is 17.3. The molecule has 1 atom stereocenters. The molecule has 5 rings (SSSR count). The molecular weight excluding hydrogens is 497 g/mol. The van der Waals surface area contributed by atoms with Crippen LogP contribution in [0.1, 0.15) is 34.2 Å². The van der Waals surface area contributed by atoms with Gasteiger partial charge in [0.2, 0.25) is 5.82 Å². The summed E-state index contributed by atoms with van der Waals surface area (Å²) >= 11 is 6.43. The number of benzene rings is 1. The zero-order valence-corrected chi connectivity index (χ0v) is 20.0. The number of fused-ring (bicyclic) bond motifs is 1. The second-order valence-corrected chi connectivity index (χ2v) is 9.12. The summed E-state index contributed by atoms with van der Waals surface area (Å²) in [4.78, 5) is 29.2. The van der Waals surface area contributed by atoms with E-state index >= 15 is 0 Å². The van der Waals surface area contributed by atoms with E-state index in [-0.39, 0.29) is 6.54 Å². The summed E-state index contributed by atoms with van der Waals surface area (Å²) in [6.07, 6.45) is -1.18. The lowest BCUT2D eigenvalue weighted by molar-refractivity contribution is -0.145. The van der Waals surface area contributed by atoms with Gasteiger partial charge in [0.15, 0.2) is 0 Å². The number of nitrogens with zero attached hydrogens (tertiary/aromatic N) is 5. The van der Waals surface area contributed by atoms with Gasteiger partial charge in [-0.1, -0.05) is 11.6 Å². The number of hydrogen-bond acceptors (Lipinski definition) is 7. The molecule has 2 aliphatic heterocycles. The first-order valence-corrected chi connectivity index (χ1v) is 12.0. The number of carbonyl (C=O) groups is 1. The van der Waals surface area contributed by atoms with Crippen LogP contribution >= 0.6 is 11.6 Å². The van der Waals surface area contributed by atoms with Crippen LogP contribution in [-0.4, -0.2) is 71.7 Å². The van der Waals surface area contributed by atoms with E-state index in [1.807, 2.05) is 17.0 Å². The molecule has 3 aromatic rings. The fourth-order valence-electron chi connectivity index (χ4n) is 4.40. The van der Waals surface area contributed by atoms with E-state index in [2.05, 4.69) is 25.2 Å². The van der Waals surface area contributed by atoms with Crippen molar-refractivity contribution < 1.29 is 22.7 Å². The molecule has 2 aliphatic rings. The van der Waals surface area contributed by atoms with Gasteiger partial charge < -0.3 is 15.0 Å². The molecule has 2 aromatic heterocycles. The first-order valence-electron chi connectivity index (χ1n) is 11.6. The molecule has 1 unspecified atom stereocenters. The predicted molar refractivity (Wildman–Crippen MR) is 128 cm³/mol. The van der Waals surface area contributed by atoms with Crippen LogP contribution in [0.25, 0.3) is 10.9 Å². The predicted octanol–water partition coefficient (Wildman–Crippen LogP) is 3.71. The van der Waals surface area contributed by atoms with Crippen LogP contribution in [0, 0.1) is 0 Å². The first kappa shape index (κ1) is 24.7. The molecule has 190 valence electrons. The number of nitrogens with one attached hydrogen (secondary N) is 1. The number of alkyl halides is 3. The van der Waals surface area contributed by atoms with Gasteiger partial charge in [-0.15, -0.1) is 0 Å². The van der Waals surface area contributed by atoms with Crippen molar-refractivity contribution in [2.24, 2.45) is 0 Å². The third-order valence-corrected chi connectivity index (χ3v) is 6.78. The van der Waals surface area contributed by atoms with Gasteiger partial charge in [-0.25, -0.2) is 15.0 Å². The quantitative estimate of drug-likeness (QED) is 0.530. The van der Waals surface area contributed by atoms with Crippen molar-refractivity contribution in [3.8, 4) is 0 Å². The minimum absolute atomic E-state index is 0.125. The van der Waals surface area contributed by atoms with Gasteiger partial charge in [0.1, 0.15) is 5.82 Å². The van der Waals surface area contributed by atoms with E-state index in [0.717, 1.165) is 37.7 Å². The Balaban J connectivity index is 1.38. The largest absolute Gasteiger partial charge is 0.451 e. The second-order valence-electron chi connectivity index (χ2n) is 8.71. The number of halogens is 4. The highest BCUT2D eigenvalue weighted by Crippen LogP contribution is 2.30. The Labute approximate surface area is 210 Å². The minimum Gasteiger partial charge on any atom is -0.379 e. The van der Waals surface area contributed by atoms with Crippen molar-refractivity contribution in [1.29, 1.82) is 0 Å². The van der Waals surface area contributed by atoms with Gasteiger partial charge in [-0.2, -0.15) is 13.2 Å². The summed E-state index contributed by atoms with van der Waals surface area (Å²) in [5.74, 6) is -0.740. The molecule has 0 bridgehead atoms. The second kappa shape index (κ2) is 10.2. The molecule has 36 heavy (non-hydrogen) atoms. The molecule has 2 fully saturated rings. The number of rotatable bonds is 6. The van der Waals surface area contributed by atoms with E-state index < -0.39 is 23.9 Å². The molecule has 1 aromatic carbocycles. The van der Waals surface area contributed by atoms with Crippen LogP contribution in [0.5, 0.6) is 0 Å². The van der Waals surface area contributed by atoms with Crippen molar-refractivity contribution in [2.75, 3.05) is 50.8 Å². The zero-order chi connectivity index (χ0) is 25.3. The summed E-state index contributed by atoms with van der Waals surface area (Å²) in [6.45, 7) is 4.10. The zero-order valence-electron chi connectivity index (χ0n) is 19.3. The molecule has 2 saturated heterocycles. The number of hydrogen-bond donors (Lipinski definition) is 1. The van der Waals surface area contributed by atoms with E-state index in [0.29, 0.717) is 53.4 Å². The van der Waals surface area contributed by atoms with Gasteiger partial charge in [-0.05, 0) is 30.7 Å². The maximum atomic E-state index is 13.3. The number of carbonyl (C=O) groups excluding carboxylic acids is 1. The number of pyridine rings is 1. The Morgan fingerprint density at radius 2 is 1.81 bits per heavy atom. The summed E-state index contributed by atoms with van der Waals surface area (Å²) in [6, 6.07) is 6.72. The topological polar surface area (TPSA) is 83.5 Å². The summed E-state index contributed by atoms with van der Waals surface area (Å²) < 4.78 is 44.2. The van der Waals surface area contributed by atoms with Crippen LogP contribution in [0.15, 0.2) is 36.7 Å². The fraction of sp³-hybridized carbons (Fsp3) is 0.417. The molecular formula is C24H24ClF3N6O2. The monoisotopic (exact) mass is 520 g/mol. The lowest BCUT2D eigenvalue weighted by Gasteiger charge is -2.34. The molecule has 0 aliphatic carbocycles. The lowest BCUT2D eigenvalue weighted by atomic mass is 10.1. The average Bonchev–Trinajstić information content (AvgIpc) is 2.83. The van der Waals surface area contributed by atoms with E-state index in [1.165, 1.54) is 0 Å². The molecule has 12 heteroatoms. The highest BCUT2D eigenvalue weighted by Gasteiger charge is 2.35. The SMILES string of the molecule is O=C(NCC(c1cnc(C(F)(F)F)nc1)N1CCOCC1)c1c(Cl)ccc2nc(N3CCC3)ccc12. The Bertz CT molecular complexity index is 1250. The maximum Gasteiger partial charge on any atom is 0.451 e. The molecule has 1 amide bonds. The molecule has 1 N–H and O–H groups in total. The third kappa shape index (κ3) is 5.09. The van der Waals surface area contributed by atoms with Crippen LogP contribution in [0.4, 0.5) is 19.0 Å². The average molecular weight is 521 g/mol. The highest BCUT2D eigenvalue weighted by atomic mass is 35.5. The van der Waals surface area contributed by atoms with E-state index in [1.54, 1.807) is 12.1 Å². The smallest absolute Gasteiger partial charge is 0.379 e. The number of aromatic nitrogens is 3. The van der Waals surface area contributed by atoms with Gasteiger partial charge in [0.05, 0.1) is 35.4 Å². The number of amides is 1. The highest BCUT2D eigenvalue weighted by molar-refractivity contribution is 6.35. The summed E-state index contributed by atoms with van der Waals surface area (Å²) in [5.41, 5.74) is 1.44. The van der Waals surface area contributed by atoms with Crippen molar-refractivity contribution in [2.45, 2.75) is 18.6 Å². The standard InChI is InChI=1S/C24H24ClF3N6O2/c25-17-3-4-18-16(2-5-20(32-18)34-6-1-7-34)21(17)22(35)29-14-19(33-8-10-36-11-9-33)15-12-30-23(31-13-15)24(26,27)28/h2-5,12-13,19H,1,6-11,14H2,(H,29,35). The number of ether oxygens (including phenoxy) is 1.